The number of nitrogens with one attached hydrogen (secondary N) is 1. The molecule has 1 heterocycles. The highest BCUT2D eigenvalue weighted by Crippen LogP contribution is 2.34. The lowest BCUT2D eigenvalue weighted by Crippen LogP contribution is -2.27. The molecule has 0 aliphatic rings. The van der Waals surface area contributed by atoms with E-state index in [2.05, 4.69) is 5.32 Å². The van der Waals surface area contributed by atoms with Gasteiger partial charge in [-0.2, -0.15) is 0 Å². The lowest BCUT2D eigenvalue weighted by Gasteiger charge is -2.13. The first-order valence-electron chi connectivity index (χ1n) is 9.10. The first-order chi connectivity index (χ1) is 14.3. The Morgan fingerprint density at radius 1 is 1.20 bits per heavy atom. The van der Waals surface area contributed by atoms with Crippen molar-refractivity contribution in [1.82, 2.24) is 9.88 Å². The number of pyridine rings is 1. The second kappa shape index (κ2) is 10.2. The zero-order chi connectivity index (χ0) is 22.3. The Kier molecular flexibility index (Phi) is 7.71. The van der Waals surface area contributed by atoms with Gasteiger partial charge in [0.05, 0.1) is 24.9 Å². The maximum Gasteiger partial charge on any atom is 0.290 e. The number of fused-ring (bicyclic) bond motifs is 1. The van der Waals surface area contributed by atoms with Crippen LogP contribution < -0.4 is 10.1 Å². The van der Waals surface area contributed by atoms with Gasteiger partial charge in [-0.25, -0.2) is 4.98 Å². The summed E-state index contributed by atoms with van der Waals surface area (Å²) in [6.07, 6.45) is 0. The van der Waals surface area contributed by atoms with E-state index in [1.165, 1.54) is 0 Å². The predicted octanol–water partition coefficient (Wildman–Crippen LogP) is 3.13. The molecule has 0 atom stereocenters. The number of aromatic hydroxyl groups is 1. The third-order valence-electron chi connectivity index (χ3n) is 4.22. The van der Waals surface area contributed by atoms with Crippen molar-refractivity contribution in [3.63, 3.8) is 0 Å². The molecule has 3 N–H and O–H groups in total. The van der Waals surface area contributed by atoms with Crippen molar-refractivity contribution in [1.29, 1.82) is 0 Å². The summed E-state index contributed by atoms with van der Waals surface area (Å²) < 4.78 is 5.41. The number of hydrogen-bond donors (Lipinski definition) is 3. The van der Waals surface area contributed by atoms with E-state index >= 15 is 0 Å². The highest BCUT2D eigenvalue weighted by atomic mass is 16.5. The van der Waals surface area contributed by atoms with E-state index in [0.717, 1.165) is 16.5 Å². The summed E-state index contributed by atoms with van der Waals surface area (Å²) >= 11 is 0. The third kappa shape index (κ3) is 5.68. The van der Waals surface area contributed by atoms with Crippen molar-refractivity contribution in [3.8, 4) is 22.8 Å². The molecule has 30 heavy (non-hydrogen) atoms. The van der Waals surface area contributed by atoms with Gasteiger partial charge in [0.15, 0.2) is 0 Å². The first-order valence-corrected chi connectivity index (χ1v) is 9.10. The van der Waals surface area contributed by atoms with E-state index in [1.807, 2.05) is 50.2 Å². The molecular weight excluding hydrogens is 386 g/mol. The zero-order valence-electron chi connectivity index (χ0n) is 17.3. The lowest BCUT2D eigenvalue weighted by molar-refractivity contribution is -0.123. The Bertz CT molecular complexity index is 1050. The largest absolute Gasteiger partial charge is 0.508 e. The number of amides is 1. The molecule has 1 aromatic heterocycles. The van der Waals surface area contributed by atoms with Gasteiger partial charge >= 0.3 is 0 Å². The fourth-order valence-corrected chi connectivity index (χ4v) is 3.00. The fourth-order valence-electron chi connectivity index (χ4n) is 3.00. The van der Waals surface area contributed by atoms with E-state index < -0.39 is 0 Å². The Morgan fingerprint density at radius 3 is 2.53 bits per heavy atom. The van der Waals surface area contributed by atoms with Crippen LogP contribution in [0.1, 0.15) is 5.56 Å². The van der Waals surface area contributed by atoms with Gasteiger partial charge in [0.2, 0.25) is 5.91 Å². The molecule has 3 rings (SSSR count). The average Bonchev–Trinajstić information content (AvgIpc) is 2.67. The molecule has 158 valence electrons. The standard InChI is InChI=1S/C21H23N3O3.CH2O2/c1-13-9-18(17-11-15(25)6-8-20(17)27-4)23-19-10-14(5-7-16(13)19)22-21(26)12-24(2)3;2-1-3/h5-11,25H,12H2,1-4H3,(H,22,26);1H,(H,2,3). The summed E-state index contributed by atoms with van der Waals surface area (Å²) in [4.78, 5) is 26.9. The monoisotopic (exact) mass is 411 g/mol. The summed E-state index contributed by atoms with van der Waals surface area (Å²) in [6, 6.07) is 12.6. The molecule has 0 bridgehead atoms. The molecule has 0 spiro atoms. The maximum atomic E-state index is 12.0. The normalized spacial score (nSPS) is 10.3. The van der Waals surface area contributed by atoms with Crippen molar-refractivity contribution < 1.29 is 24.5 Å². The van der Waals surface area contributed by atoms with Gasteiger partial charge in [-0.1, -0.05) is 6.07 Å². The molecule has 8 nitrogen and oxygen atoms in total. The van der Waals surface area contributed by atoms with E-state index in [1.54, 1.807) is 25.3 Å². The van der Waals surface area contributed by atoms with Crippen LogP contribution in [0.2, 0.25) is 0 Å². The van der Waals surface area contributed by atoms with E-state index in [-0.39, 0.29) is 18.1 Å². The molecule has 8 heteroatoms. The van der Waals surface area contributed by atoms with Crippen molar-refractivity contribution in [2.75, 3.05) is 33.1 Å². The fraction of sp³-hybridized carbons (Fsp3) is 0.227. The zero-order valence-corrected chi connectivity index (χ0v) is 17.3. The van der Waals surface area contributed by atoms with Crippen LogP contribution in [0.5, 0.6) is 11.5 Å². The van der Waals surface area contributed by atoms with E-state index in [9.17, 15) is 9.90 Å². The van der Waals surface area contributed by atoms with Crippen molar-refractivity contribution in [2.24, 2.45) is 0 Å². The summed E-state index contributed by atoms with van der Waals surface area (Å²) in [5.41, 5.74) is 3.92. The molecule has 2 aromatic carbocycles. The topological polar surface area (TPSA) is 112 Å². The number of carbonyl (C=O) groups is 2. The number of carbonyl (C=O) groups excluding carboxylic acids is 1. The number of nitrogens with zero attached hydrogens (tertiary/aromatic N) is 2. The van der Waals surface area contributed by atoms with Crippen molar-refractivity contribution in [2.45, 2.75) is 6.92 Å². The van der Waals surface area contributed by atoms with Gasteiger partial charge in [-0.15, -0.1) is 0 Å². The van der Waals surface area contributed by atoms with Crippen molar-refractivity contribution >= 4 is 29.0 Å². The summed E-state index contributed by atoms with van der Waals surface area (Å²) in [5, 5.41) is 20.6. The van der Waals surface area contributed by atoms with Crippen LogP contribution in [-0.2, 0) is 9.59 Å². The Balaban J connectivity index is 0.00000101. The highest BCUT2D eigenvalue weighted by molar-refractivity contribution is 5.95. The maximum absolute atomic E-state index is 12.0. The number of anilines is 1. The van der Waals surface area contributed by atoms with Crippen LogP contribution >= 0.6 is 0 Å². The van der Waals surface area contributed by atoms with Crippen molar-refractivity contribution in [3.05, 3.63) is 48.0 Å². The minimum absolute atomic E-state index is 0.0816. The molecule has 0 unspecified atom stereocenters. The number of phenolic OH excluding ortho intramolecular Hbond substituents is 1. The lowest BCUT2D eigenvalue weighted by atomic mass is 10.0. The summed E-state index contributed by atoms with van der Waals surface area (Å²) in [5.74, 6) is 0.700. The SMILES string of the molecule is COc1ccc(O)cc1-c1cc(C)c2ccc(NC(=O)CN(C)C)cc2n1.O=CO. The van der Waals surface area contributed by atoms with Crippen LogP contribution in [-0.4, -0.2) is 60.2 Å². The van der Waals surface area contributed by atoms with Gasteiger partial charge in [-0.3, -0.25) is 9.59 Å². The van der Waals surface area contributed by atoms with Gasteiger partial charge in [0, 0.05) is 16.6 Å². The average molecular weight is 411 g/mol. The molecular formula is C22H25N3O5. The quantitative estimate of drug-likeness (QED) is 0.553. The molecule has 0 fully saturated rings. The number of ether oxygens (including phenoxy) is 1. The van der Waals surface area contributed by atoms with Crippen LogP contribution in [0.15, 0.2) is 42.5 Å². The minimum Gasteiger partial charge on any atom is -0.508 e. The number of hydrogen-bond acceptors (Lipinski definition) is 6. The van der Waals surface area contributed by atoms with Gasteiger partial charge in [0.25, 0.3) is 6.47 Å². The summed E-state index contributed by atoms with van der Waals surface area (Å²) in [7, 11) is 5.28. The highest BCUT2D eigenvalue weighted by Gasteiger charge is 2.12. The molecule has 0 radical (unpaired) electrons. The molecule has 0 aliphatic heterocycles. The van der Waals surface area contributed by atoms with Crippen LogP contribution in [0.25, 0.3) is 22.2 Å². The molecule has 0 saturated heterocycles. The van der Waals surface area contributed by atoms with Crippen LogP contribution in [0.3, 0.4) is 0 Å². The number of likely N-dealkylation sites (N-methyl/N-ethyl adjacent to an activating group) is 1. The van der Waals surface area contributed by atoms with Crippen LogP contribution in [0, 0.1) is 6.92 Å². The van der Waals surface area contributed by atoms with E-state index in [4.69, 9.17) is 19.6 Å². The minimum atomic E-state index is -0.250. The number of benzene rings is 2. The Labute approximate surface area is 174 Å². The molecule has 3 aromatic rings. The van der Waals surface area contributed by atoms with Crippen LogP contribution in [0.4, 0.5) is 5.69 Å². The smallest absolute Gasteiger partial charge is 0.290 e. The number of rotatable bonds is 5. The summed E-state index contributed by atoms with van der Waals surface area (Å²) in [6.45, 7) is 2.07. The number of carboxylic acid groups (broad SMARTS) is 1. The Hall–Kier alpha value is -3.65. The number of phenols is 1. The Morgan fingerprint density at radius 2 is 1.90 bits per heavy atom. The molecule has 0 aliphatic carbocycles. The van der Waals surface area contributed by atoms with E-state index in [0.29, 0.717) is 29.2 Å². The molecule has 0 saturated carbocycles. The number of aromatic nitrogens is 1. The number of methoxy groups -OCH3 is 1. The van der Waals surface area contributed by atoms with Gasteiger partial charge < -0.3 is 25.2 Å². The second-order valence-electron chi connectivity index (χ2n) is 6.83. The van der Waals surface area contributed by atoms with Gasteiger partial charge in [0.1, 0.15) is 11.5 Å². The first kappa shape index (κ1) is 22.6. The third-order valence-corrected chi connectivity index (χ3v) is 4.22. The predicted molar refractivity (Wildman–Crippen MR) is 116 cm³/mol. The van der Waals surface area contributed by atoms with Gasteiger partial charge in [-0.05, 0) is 63.0 Å². The molecule has 1 amide bonds. The second-order valence-corrected chi connectivity index (χ2v) is 6.83. The number of aryl methyl sites for hydroxylation is 1.